The molecule has 8 unspecified atom stereocenters. The van der Waals surface area contributed by atoms with Gasteiger partial charge >= 0.3 is 5.97 Å². The van der Waals surface area contributed by atoms with Gasteiger partial charge in [0.15, 0.2) is 12.4 Å². The summed E-state index contributed by atoms with van der Waals surface area (Å²) in [7, 11) is 0. The van der Waals surface area contributed by atoms with Gasteiger partial charge in [0, 0.05) is 6.42 Å². The van der Waals surface area contributed by atoms with E-state index in [4.69, 9.17) is 14.2 Å². The van der Waals surface area contributed by atoms with Gasteiger partial charge in [-0.05, 0) is 116 Å². The average molecular weight is 1200 g/mol. The van der Waals surface area contributed by atoms with E-state index in [1.54, 1.807) is 6.08 Å². The highest BCUT2D eigenvalue weighted by atomic mass is 16.7. The lowest BCUT2D eigenvalue weighted by molar-refractivity contribution is -0.305. The highest BCUT2D eigenvalue weighted by Crippen LogP contribution is 2.26. The lowest BCUT2D eigenvalue weighted by Crippen LogP contribution is -2.61. The number of rotatable bonds is 58. The van der Waals surface area contributed by atoms with Gasteiger partial charge in [0.1, 0.15) is 24.4 Å². The van der Waals surface area contributed by atoms with E-state index >= 15 is 0 Å². The Labute approximate surface area is 525 Å². The molecule has 1 rings (SSSR count). The highest BCUT2D eigenvalue weighted by molar-refractivity contribution is 5.80. The van der Waals surface area contributed by atoms with E-state index in [9.17, 15) is 35.1 Å². The smallest absolute Gasteiger partial charge is 0.306 e. The third-order valence-electron chi connectivity index (χ3n) is 15.6. The summed E-state index contributed by atoms with van der Waals surface area (Å²) in [6, 6.07) is -1.04. The Morgan fingerprint density at radius 2 is 0.837 bits per heavy atom. The second-order valence-electron chi connectivity index (χ2n) is 23.5. The Kier molecular flexibility index (Phi) is 57.1. The van der Waals surface area contributed by atoms with E-state index in [2.05, 4.69) is 135 Å². The maximum absolute atomic E-state index is 13.5. The zero-order chi connectivity index (χ0) is 62.4. The largest absolute Gasteiger partial charge is 0.454 e. The van der Waals surface area contributed by atoms with Crippen LogP contribution in [0.1, 0.15) is 278 Å². The first-order valence-electron chi connectivity index (χ1n) is 34.8. The van der Waals surface area contributed by atoms with Gasteiger partial charge < -0.3 is 45.1 Å². The van der Waals surface area contributed by atoms with E-state index in [-0.39, 0.29) is 19.4 Å². The molecule has 86 heavy (non-hydrogen) atoms. The molecular weight excluding hydrogens is 1070 g/mol. The molecule has 8 atom stereocenters. The Morgan fingerprint density at radius 3 is 1.28 bits per heavy atom. The monoisotopic (exact) mass is 1200 g/mol. The predicted molar refractivity (Wildman–Crippen MR) is 361 cm³/mol. The highest BCUT2D eigenvalue weighted by Gasteiger charge is 2.47. The van der Waals surface area contributed by atoms with Gasteiger partial charge in [-0.15, -0.1) is 0 Å². The van der Waals surface area contributed by atoms with Crippen LogP contribution in [0.2, 0.25) is 0 Å². The number of esters is 1. The summed E-state index contributed by atoms with van der Waals surface area (Å²) in [5.74, 6) is -1.22. The molecular formula is C75H127NO10. The molecule has 1 saturated heterocycles. The average Bonchev–Trinajstić information content (AvgIpc) is 3.68. The standard InChI is InChI=1S/C75H127NO10/c1-4-7-10-13-16-19-22-25-27-29-31-33-34-35-37-38-40-42-44-47-50-53-56-59-62-68(79)74(83)76-66(67(78)61-58-55-52-49-46-24-21-18-15-12-9-6-3)65-84-75-73(72(82)71(81)69(64-77)85-75)86-70(80)63-60-57-54-51-48-45-43-41-39-36-32-30-28-26-23-20-17-14-11-8-5-2/h7,10,16-17,19-20,25-28,31-33,35-37,41,43,58,61,66-69,71-73,75,77-79,81-82H,4-6,8-9,11-15,18,21-24,29-30,34,38-40,42,44-57,59-60,62-65H2,1-3H3,(H,76,83)/b10-7-,19-16-,20-17-,27-25-,28-26-,33-31-,36-32-,37-35-,43-41-,61-58+. The van der Waals surface area contributed by atoms with Crippen molar-refractivity contribution in [2.75, 3.05) is 13.2 Å². The van der Waals surface area contributed by atoms with Crippen LogP contribution in [0.5, 0.6) is 0 Å². The fourth-order valence-corrected chi connectivity index (χ4v) is 10.1. The molecule has 6 N–H and O–H groups in total. The Balaban J connectivity index is 2.62. The van der Waals surface area contributed by atoms with Crippen molar-refractivity contribution in [1.29, 1.82) is 0 Å². The molecule has 1 aliphatic heterocycles. The first-order valence-corrected chi connectivity index (χ1v) is 34.8. The van der Waals surface area contributed by atoms with Crippen molar-refractivity contribution in [2.45, 2.75) is 327 Å². The third-order valence-corrected chi connectivity index (χ3v) is 15.6. The molecule has 11 nitrogen and oxygen atoms in total. The maximum atomic E-state index is 13.5. The fraction of sp³-hybridized carbons (Fsp3) is 0.707. The molecule has 0 aliphatic carbocycles. The molecule has 492 valence electrons. The number of aliphatic hydroxyl groups excluding tert-OH is 5. The third kappa shape index (κ3) is 48.0. The Bertz CT molecular complexity index is 1860. The summed E-state index contributed by atoms with van der Waals surface area (Å²) in [4.78, 5) is 26.7. The summed E-state index contributed by atoms with van der Waals surface area (Å²) < 4.78 is 17.7. The van der Waals surface area contributed by atoms with Crippen LogP contribution in [0.25, 0.3) is 0 Å². The van der Waals surface area contributed by atoms with E-state index in [1.165, 1.54) is 89.9 Å². The van der Waals surface area contributed by atoms with Crippen LogP contribution in [-0.2, 0) is 23.8 Å². The molecule has 1 heterocycles. The van der Waals surface area contributed by atoms with Gasteiger partial charge in [0.2, 0.25) is 5.91 Å². The lowest BCUT2D eigenvalue weighted by atomic mass is 9.99. The number of hydrogen-bond donors (Lipinski definition) is 6. The molecule has 1 aliphatic rings. The summed E-state index contributed by atoms with van der Waals surface area (Å²) in [6.45, 7) is 5.64. The SMILES string of the molecule is CC/C=C\C/C=C\C/C=C\C/C=C\C/C=C\CCCCCCCCCCC(O)C(=O)NC(COC1OC(CO)C(O)C(O)C1OC(=O)CCCCCCC/C=C\C/C=C\C/C=C\C/C=C\CCCCC)C(O)/C=C/CCCCCCCCCCCC. The summed E-state index contributed by atoms with van der Waals surface area (Å²) in [5.41, 5.74) is 0. The van der Waals surface area contributed by atoms with Crippen molar-refractivity contribution >= 4 is 11.9 Å². The van der Waals surface area contributed by atoms with Gasteiger partial charge in [0.25, 0.3) is 0 Å². The van der Waals surface area contributed by atoms with Crippen LogP contribution in [-0.4, -0.2) is 99.6 Å². The molecule has 0 bridgehead atoms. The van der Waals surface area contributed by atoms with Gasteiger partial charge in [0.05, 0.1) is 25.4 Å². The van der Waals surface area contributed by atoms with Gasteiger partial charge in [-0.3, -0.25) is 9.59 Å². The number of unbranched alkanes of at least 4 members (excludes halogenated alkanes) is 26. The molecule has 11 heteroatoms. The van der Waals surface area contributed by atoms with E-state index in [0.29, 0.717) is 12.8 Å². The summed E-state index contributed by atoms with van der Waals surface area (Å²) >= 11 is 0. The number of ether oxygens (including phenoxy) is 3. The van der Waals surface area contributed by atoms with E-state index in [1.807, 2.05) is 6.08 Å². The number of hydrogen-bond acceptors (Lipinski definition) is 10. The number of carbonyl (C=O) groups is 2. The minimum atomic E-state index is -1.63. The Morgan fingerprint density at radius 1 is 0.465 bits per heavy atom. The molecule has 0 aromatic heterocycles. The fourth-order valence-electron chi connectivity index (χ4n) is 10.1. The second-order valence-corrected chi connectivity index (χ2v) is 23.5. The second kappa shape index (κ2) is 61.3. The first kappa shape index (κ1) is 80.1. The van der Waals surface area contributed by atoms with Crippen molar-refractivity contribution in [1.82, 2.24) is 5.32 Å². The van der Waals surface area contributed by atoms with Crippen LogP contribution in [0.3, 0.4) is 0 Å². The molecule has 1 fully saturated rings. The summed E-state index contributed by atoms with van der Waals surface area (Å²) in [6.07, 6.45) is 75.1. The molecule has 0 aromatic rings. The molecule has 1 amide bonds. The number of nitrogens with one attached hydrogen (secondary N) is 1. The van der Waals surface area contributed by atoms with Gasteiger partial charge in [-0.1, -0.05) is 277 Å². The number of allylic oxidation sites excluding steroid dienone is 19. The number of amides is 1. The molecule has 0 radical (unpaired) electrons. The number of aliphatic hydroxyl groups is 5. The minimum absolute atomic E-state index is 0.0960. The van der Waals surface area contributed by atoms with E-state index in [0.717, 1.165) is 141 Å². The van der Waals surface area contributed by atoms with Crippen LogP contribution in [0, 0.1) is 0 Å². The first-order chi connectivity index (χ1) is 42.2. The zero-order valence-corrected chi connectivity index (χ0v) is 54.6. The van der Waals surface area contributed by atoms with E-state index < -0.39 is 67.4 Å². The van der Waals surface area contributed by atoms with Crippen molar-refractivity contribution in [3.8, 4) is 0 Å². The van der Waals surface area contributed by atoms with Gasteiger partial charge in [-0.2, -0.15) is 0 Å². The van der Waals surface area contributed by atoms with Crippen LogP contribution < -0.4 is 5.32 Å². The van der Waals surface area contributed by atoms with Crippen molar-refractivity contribution in [2.24, 2.45) is 0 Å². The quantitative estimate of drug-likeness (QED) is 0.0195. The van der Waals surface area contributed by atoms with Crippen molar-refractivity contribution in [3.63, 3.8) is 0 Å². The number of carbonyl (C=O) groups excluding carboxylic acids is 2. The minimum Gasteiger partial charge on any atom is -0.454 e. The van der Waals surface area contributed by atoms with Crippen molar-refractivity contribution < 1.29 is 49.3 Å². The van der Waals surface area contributed by atoms with Crippen molar-refractivity contribution in [3.05, 3.63) is 122 Å². The zero-order valence-electron chi connectivity index (χ0n) is 54.6. The van der Waals surface area contributed by atoms with Gasteiger partial charge in [-0.25, -0.2) is 0 Å². The molecule has 0 spiro atoms. The lowest BCUT2D eigenvalue weighted by Gasteiger charge is -2.41. The maximum Gasteiger partial charge on any atom is 0.306 e. The molecule has 0 aromatic carbocycles. The predicted octanol–water partition coefficient (Wildman–Crippen LogP) is 17.8. The van der Waals surface area contributed by atoms with Crippen LogP contribution in [0.15, 0.2) is 122 Å². The normalized spacial score (nSPS) is 19.1. The van der Waals surface area contributed by atoms with Crippen LogP contribution in [0.4, 0.5) is 0 Å². The summed E-state index contributed by atoms with van der Waals surface area (Å²) in [5, 5.41) is 57.2. The Hall–Kier alpha value is -3.94. The molecule has 0 saturated carbocycles. The van der Waals surface area contributed by atoms with Crippen LogP contribution >= 0.6 is 0 Å². The topological polar surface area (TPSA) is 175 Å².